The lowest BCUT2D eigenvalue weighted by molar-refractivity contribution is -0.136. The van der Waals surface area contributed by atoms with Crippen LogP contribution in [-0.4, -0.2) is 71.8 Å². The summed E-state index contributed by atoms with van der Waals surface area (Å²) in [6.45, 7) is 5.29. The topological polar surface area (TPSA) is 61.5 Å². The zero-order chi connectivity index (χ0) is 13.8. The van der Waals surface area contributed by atoms with Crippen molar-refractivity contribution in [3.8, 4) is 0 Å². The molecule has 1 atom stereocenters. The van der Waals surface area contributed by atoms with Gasteiger partial charge in [0.15, 0.2) is 0 Å². The van der Waals surface area contributed by atoms with Crippen LogP contribution < -0.4 is 0 Å². The number of piperidine rings is 1. The second-order valence-electron chi connectivity index (χ2n) is 5.58. The van der Waals surface area contributed by atoms with Crippen molar-refractivity contribution in [2.75, 3.05) is 45.9 Å². The highest BCUT2D eigenvalue weighted by molar-refractivity contribution is 5.78. The molecule has 0 spiro atoms. The predicted molar refractivity (Wildman–Crippen MR) is 74.4 cm³/mol. The zero-order valence-corrected chi connectivity index (χ0v) is 11.8. The van der Waals surface area contributed by atoms with E-state index in [-0.39, 0.29) is 5.91 Å². The number of carbonyl (C=O) groups is 1. The minimum Gasteiger partial charge on any atom is -0.378 e. The number of hydrogen-bond acceptors (Lipinski definition) is 4. The highest BCUT2D eigenvalue weighted by atomic mass is 16.5. The van der Waals surface area contributed by atoms with E-state index in [0.29, 0.717) is 25.7 Å². The van der Waals surface area contributed by atoms with Gasteiger partial charge >= 0.3 is 0 Å². The summed E-state index contributed by atoms with van der Waals surface area (Å²) >= 11 is 0. The summed E-state index contributed by atoms with van der Waals surface area (Å²) in [6, 6.07) is 2.04. The maximum atomic E-state index is 12.3. The molecule has 3 heterocycles. The Morgan fingerprint density at radius 1 is 1.40 bits per heavy atom. The van der Waals surface area contributed by atoms with Gasteiger partial charge in [-0.3, -0.25) is 14.8 Å². The van der Waals surface area contributed by atoms with Crippen LogP contribution in [0.25, 0.3) is 0 Å². The van der Waals surface area contributed by atoms with Gasteiger partial charge in [-0.15, -0.1) is 0 Å². The molecule has 2 saturated heterocycles. The van der Waals surface area contributed by atoms with Gasteiger partial charge in [0.25, 0.3) is 0 Å². The smallest absolute Gasteiger partial charge is 0.236 e. The number of morpholine rings is 1. The number of H-pyrrole nitrogens is 1. The maximum Gasteiger partial charge on any atom is 0.236 e. The number of rotatable bonds is 3. The second kappa shape index (κ2) is 6.37. The average Bonchev–Trinajstić information content (AvgIpc) is 3.03. The fourth-order valence-electron chi connectivity index (χ4n) is 3.05. The Hall–Kier alpha value is -1.40. The van der Waals surface area contributed by atoms with Crippen LogP contribution in [0.15, 0.2) is 12.3 Å². The van der Waals surface area contributed by atoms with Gasteiger partial charge in [-0.1, -0.05) is 0 Å². The summed E-state index contributed by atoms with van der Waals surface area (Å²) in [7, 11) is 0. The van der Waals surface area contributed by atoms with Crippen molar-refractivity contribution in [3.05, 3.63) is 18.0 Å². The van der Waals surface area contributed by atoms with Crippen LogP contribution in [0.5, 0.6) is 0 Å². The maximum absolute atomic E-state index is 12.3. The lowest BCUT2D eigenvalue weighted by Gasteiger charge is -2.34. The molecule has 20 heavy (non-hydrogen) atoms. The van der Waals surface area contributed by atoms with Gasteiger partial charge in [-0.05, 0) is 25.5 Å². The lowest BCUT2D eigenvalue weighted by atomic mass is 9.95. The van der Waals surface area contributed by atoms with Gasteiger partial charge in [0.05, 0.1) is 19.8 Å². The molecule has 2 aliphatic rings. The van der Waals surface area contributed by atoms with Gasteiger partial charge in [0.1, 0.15) is 0 Å². The van der Waals surface area contributed by atoms with Crippen molar-refractivity contribution in [1.82, 2.24) is 20.0 Å². The summed E-state index contributed by atoms with van der Waals surface area (Å²) in [5, 5.41) is 7.08. The van der Waals surface area contributed by atoms with Crippen molar-refractivity contribution in [2.45, 2.75) is 18.8 Å². The van der Waals surface area contributed by atoms with E-state index < -0.39 is 0 Å². The van der Waals surface area contributed by atoms with Crippen LogP contribution in [0.2, 0.25) is 0 Å². The van der Waals surface area contributed by atoms with E-state index in [1.807, 2.05) is 11.0 Å². The van der Waals surface area contributed by atoms with Crippen LogP contribution in [-0.2, 0) is 9.53 Å². The Morgan fingerprint density at radius 3 is 3.00 bits per heavy atom. The fourth-order valence-corrected chi connectivity index (χ4v) is 3.05. The largest absolute Gasteiger partial charge is 0.378 e. The Bertz CT molecular complexity index is 428. The molecular formula is C14H22N4O2. The number of amides is 1. The number of aromatic nitrogens is 2. The minimum atomic E-state index is 0.235. The molecular weight excluding hydrogens is 256 g/mol. The van der Waals surface area contributed by atoms with E-state index >= 15 is 0 Å². The van der Waals surface area contributed by atoms with Gasteiger partial charge in [0, 0.05) is 37.4 Å². The lowest BCUT2D eigenvalue weighted by Crippen LogP contribution is -2.47. The van der Waals surface area contributed by atoms with Crippen LogP contribution in [0.3, 0.4) is 0 Å². The first-order valence-electron chi connectivity index (χ1n) is 7.40. The van der Waals surface area contributed by atoms with Crippen LogP contribution >= 0.6 is 0 Å². The average molecular weight is 278 g/mol. The number of ether oxygens (including phenoxy) is 1. The number of likely N-dealkylation sites (tertiary alicyclic amines) is 1. The number of hydrogen-bond donors (Lipinski definition) is 1. The molecule has 1 unspecified atom stereocenters. The summed E-state index contributed by atoms with van der Waals surface area (Å²) in [5.74, 6) is 0.710. The molecule has 2 aliphatic heterocycles. The van der Waals surface area contributed by atoms with E-state index in [0.717, 1.165) is 32.6 Å². The SMILES string of the molecule is O=C(CN1CCCC(c2ccn[nH]2)C1)N1CCOCC1. The quantitative estimate of drug-likeness (QED) is 0.872. The van der Waals surface area contributed by atoms with Crippen LogP contribution in [0.4, 0.5) is 0 Å². The molecule has 3 rings (SSSR count). The standard InChI is InChI=1S/C14H22N4O2/c19-14(18-6-8-20-9-7-18)11-17-5-1-2-12(10-17)13-3-4-15-16-13/h3-4,12H,1-2,5-11H2,(H,15,16). The molecule has 0 aliphatic carbocycles. The number of carbonyl (C=O) groups excluding carboxylic acids is 1. The molecule has 1 N–H and O–H groups in total. The first-order valence-corrected chi connectivity index (χ1v) is 7.40. The molecule has 110 valence electrons. The Balaban J connectivity index is 1.53. The molecule has 6 heteroatoms. The first kappa shape index (κ1) is 13.6. The first-order chi connectivity index (χ1) is 9.83. The van der Waals surface area contributed by atoms with Gasteiger partial charge in [0.2, 0.25) is 5.91 Å². The Morgan fingerprint density at radius 2 is 2.25 bits per heavy atom. The highest BCUT2D eigenvalue weighted by Crippen LogP contribution is 2.25. The zero-order valence-electron chi connectivity index (χ0n) is 11.8. The van der Waals surface area contributed by atoms with Crippen molar-refractivity contribution < 1.29 is 9.53 Å². The Labute approximate surface area is 119 Å². The van der Waals surface area contributed by atoms with Crippen LogP contribution in [0.1, 0.15) is 24.5 Å². The molecule has 0 radical (unpaired) electrons. The third kappa shape index (κ3) is 3.19. The summed E-state index contributed by atoms with van der Waals surface area (Å²) in [6.07, 6.45) is 4.11. The molecule has 2 fully saturated rings. The van der Waals surface area contributed by atoms with Crippen LogP contribution in [0, 0.1) is 0 Å². The van der Waals surface area contributed by atoms with Gasteiger partial charge < -0.3 is 9.64 Å². The van der Waals surface area contributed by atoms with Gasteiger partial charge in [-0.2, -0.15) is 5.10 Å². The van der Waals surface area contributed by atoms with Crippen molar-refractivity contribution in [2.24, 2.45) is 0 Å². The van der Waals surface area contributed by atoms with Gasteiger partial charge in [-0.25, -0.2) is 0 Å². The molecule has 0 aromatic carbocycles. The van der Waals surface area contributed by atoms with Crippen molar-refractivity contribution >= 4 is 5.91 Å². The van der Waals surface area contributed by atoms with E-state index in [2.05, 4.69) is 15.1 Å². The molecule has 6 nitrogen and oxygen atoms in total. The third-order valence-corrected chi connectivity index (χ3v) is 4.19. The van der Waals surface area contributed by atoms with E-state index in [9.17, 15) is 4.79 Å². The summed E-state index contributed by atoms with van der Waals surface area (Å²) in [4.78, 5) is 16.5. The summed E-state index contributed by atoms with van der Waals surface area (Å²) < 4.78 is 5.29. The molecule has 1 aromatic rings. The predicted octanol–water partition coefficient (Wildman–Crippen LogP) is 0.448. The number of aromatic amines is 1. The third-order valence-electron chi connectivity index (χ3n) is 4.19. The summed E-state index contributed by atoms with van der Waals surface area (Å²) in [5.41, 5.74) is 1.19. The number of nitrogens with one attached hydrogen (secondary N) is 1. The fraction of sp³-hybridized carbons (Fsp3) is 0.714. The van der Waals surface area contributed by atoms with E-state index in [1.54, 1.807) is 6.20 Å². The minimum absolute atomic E-state index is 0.235. The molecule has 0 bridgehead atoms. The van der Waals surface area contributed by atoms with Crippen molar-refractivity contribution in [3.63, 3.8) is 0 Å². The second-order valence-corrected chi connectivity index (χ2v) is 5.58. The molecule has 0 saturated carbocycles. The Kier molecular flexibility index (Phi) is 4.32. The highest BCUT2D eigenvalue weighted by Gasteiger charge is 2.25. The normalized spacial score (nSPS) is 24.8. The van der Waals surface area contributed by atoms with E-state index in [1.165, 1.54) is 12.1 Å². The van der Waals surface area contributed by atoms with Crippen molar-refractivity contribution in [1.29, 1.82) is 0 Å². The molecule has 1 aromatic heterocycles. The monoisotopic (exact) mass is 278 g/mol. The number of nitrogens with zero attached hydrogens (tertiary/aromatic N) is 3. The molecule has 1 amide bonds. The van der Waals surface area contributed by atoms with E-state index in [4.69, 9.17) is 4.74 Å².